The van der Waals surface area contributed by atoms with Crippen LogP contribution in [0.4, 0.5) is 0 Å². The first kappa shape index (κ1) is 15.2. The van der Waals surface area contributed by atoms with Crippen LogP contribution in [0, 0.1) is 5.41 Å². The summed E-state index contributed by atoms with van der Waals surface area (Å²) in [6, 6.07) is 6.57. The second kappa shape index (κ2) is 6.03. The van der Waals surface area contributed by atoms with Gasteiger partial charge >= 0.3 is 0 Å². The molecule has 1 aromatic rings. The maximum absolute atomic E-state index is 6.29. The van der Waals surface area contributed by atoms with E-state index in [0.717, 1.165) is 10.6 Å². The number of hydrogen-bond acceptors (Lipinski definition) is 1. The third kappa shape index (κ3) is 3.65. The quantitative estimate of drug-likeness (QED) is 0.764. The Hall–Kier alpha value is -0.240. The molecular formula is C16H23Cl2N. The first-order valence-corrected chi connectivity index (χ1v) is 7.87. The molecule has 1 nitrogen and oxygen atoms in total. The van der Waals surface area contributed by atoms with E-state index in [1.165, 1.54) is 25.7 Å². The van der Waals surface area contributed by atoms with Gasteiger partial charge in [0, 0.05) is 22.1 Å². The zero-order chi connectivity index (χ0) is 14.0. The van der Waals surface area contributed by atoms with Crippen molar-refractivity contribution in [2.45, 2.75) is 58.5 Å². The van der Waals surface area contributed by atoms with Gasteiger partial charge in [-0.15, -0.1) is 0 Å². The second-order valence-corrected chi connectivity index (χ2v) is 7.18. The van der Waals surface area contributed by atoms with Gasteiger partial charge in [0.2, 0.25) is 0 Å². The monoisotopic (exact) mass is 299 g/mol. The Balaban J connectivity index is 2.09. The van der Waals surface area contributed by atoms with Crippen molar-refractivity contribution in [1.29, 1.82) is 0 Å². The number of rotatable bonds is 3. The van der Waals surface area contributed by atoms with Gasteiger partial charge in [0.25, 0.3) is 0 Å². The van der Waals surface area contributed by atoms with Crippen LogP contribution in [-0.4, -0.2) is 6.04 Å². The smallest absolute Gasteiger partial charge is 0.0468 e. The summed E-state index contributed by atoms with van der Waals surface area (Å²) < 4.78 is 0. The maximum atomic E-state index is 6.29. The van der Waals surface area contributed by atoms with E-state index in [1.807, 2.05) is 18.2 Å². The molecule has 106 valence electrons. The third-order valence-corrected chi connectivity index (χ3v) is 4.95. The normalized spacial score (nSPS) is 24.2. The van der Waals surface area contributed by atoms with Crippen LogP contribution in [0.3, 0.4) is 0 Å². The van der Waals surface area contributed by atoms with Gasteiger partial charge in [-0.05, 0) is 42.9 Å². The molecule has 1 saturated carbocycles. The van der Waals surface area contributed by atoms with Gasteiger partial charge in [0.1, 0.15) is 0 Å². The fraction of sp³-hybridized carbons (Fsp3) is 0.625. The van der Waals surface area contributed by atoms with Crippen molar-refractivity contribution in [1.82, 2.24) is 5.32 Å². The number of halogens is 2. The average molecular weight is 300 g/mol. The zero-order valence-electron chi connectivity index (χ0n) is 12.0. The van der Waals surface area contributed by atoms with Gasteiger partial charge in [0.15, 0.2) is 0 Å². The molecule has 1 aliphatic rings. The molecule has 1 fully saturated rings. The Morgan fingerprint density at radius 3 is 2.63 bits per heavy atom. The van der Waals surface area contributed by atoms with Gasteiger partial charge in [-0.2, -0.15) is 0 Å². The highest BCUT2D eigenvalue weighted by Gasteiger charge is 2.33. The Morgan fingerprint density at radius 2 is 2.00 bits per heavy atom. The number of nitrogens with one attached hydrogen (secondary N) is 1. The van der Waals surface area contributed by atoms with E-state index in [0.29, 0.717) is 16.5 Å². The lowest BCUT2D eigenvalue weighted by atomic mass is 9.73. The Kier molecular flexibility index (Phi) is 4.81. The van der Waals surface area contributed by atoms with Crippen LogP contribution in [-0.2, 0) is 0 Å². The minimum Gasteiger partial charge on any atom is -0.307 e. The topological polar surface area (TPSA) is 12.0 Å². The lowest BCUT2D eigenvalue weighted by molar-refractivity contribution is 0.157. The van der Waals surface area contributed by atoms with E-state index in [9.17, 15) is 0 Å². The molecule has 0 radical (unpaired) electrons. The van der Waals surface area contributed by atoms with Crippen molar-refractivity contribution in [3.05, 3.63) is 33.8 Å². The van der Waals surface area contributed by atoms with Crippen LogP contribution in [0.25, 0.3) is 0 Å². The second-order valence-electron chi connectivity index (χ2n) is 6.34. The summed E-state index contributed by atoms with van der Waals surface area (Å²) in [5, 5.41) is 5.20. The highest BCUT2D eigenvalue weighted by atomic mass is 35.5. The Bertz CT molecular complexity index is 442. The van der Waals surface area contributed by atoms with Crippen molar-refractivity contribution in [3.63, 3.8) is 0 Å². The molecule has 3 heteroatoms. The molecule has 0 amide bonds. The van der Waals surface area contributed by atoms with E-state index in [-0.39, 0.29) is 6.04 Å². The predicted molar refractivity (Wildman–Crippen MR) is 84.0 cm³/mol. The van der Waals surface area contributed by atoms with Crippen LogP contribution in [0.1, 0.15) is 58.1 Å². The van der Waals surface area contributed by atoms with Crippen LogP contribution in [0.5, 0.6) is 0 Å². The molecule has 1 N–H and O–H groups in total. The maximum Gasteiger partial charge on any atom is 0.0468 e. The molecule has 2 rings (SSSR count). The summed E-state index contributed by atoms with van der Waals surface area (Å²) in [4.78, 5) is 0. The first-order valence-electron chi connectivity index (χ1n) is 7.11. The van der Waals surface area contributed by atoms with Gasteiger partial charge in [-0.3, -0.25) is 0 Å². The van der Waals surface area contributed by atoms with E-state index >= 15 is 0 Å². The van der Waals surface area contributed by atoms with E-state index in [2.05, 4.69) is 26.1 Å². The Morgan fingerprint density at radius 1 is 1.26 bits per heavy atom. The van der Waals surface area contributed by atoms with Crippen molar-refractivity contribution in [3.8, 4) is 0 Å². The lowest BCUT2D eigenvalue weighted by Gasteiger charge is -2.41. The summed E-state index contributed by atoms with van der Waals surface area (Å²) in [5.74, 6) is 0. The third-order valence-electron chi connectivity index (χ3n) is 4.39. The molecule has 1 aromatic carbocycles. The predicted octanol–water partition coefficient (Wildman–Crippen LogP) is 5.61. The molecule has 0 aliphatic heterocycles. The van der Waals surface area contributed by atoms with Gasteiger partial charge in [-0.1, -0.05) is 56.0 Å². The molecule has 0 saturated heterocycles. The molecule has 0 spiro atoms. The first-order chi connectivity index (χ1) is 8.90. The standard InChI is InChI=1S/C16H23Cl2N/c1-11(13-8-7-12(17)10-14(13)18)19-15-6-4-5-9-16(15,2)3/h7-8,10-11,15,19H,4-6,9H2,1-3H3. The van der Waals surface area contributed by atoms with E-state index < -0.39 is 0 Å². The zero-order valence-corrected chi connectivity index (χ0v) is 13.5. The minimum atomic E-state index is 0.257. The molecule has 19 heavy (non-hydrogen) atoms. The van der Waals surface area contributed by atoms with E-state index in [4.69, 9.17) is 23.2 Å². The molecule has 0 aromatic heterocycles. The molecule has 2 atom stereocenters. The van der Waals surface area contributed by atoms with Crippen LogP contribution in [0.2, 0.25) is 10.0 Å². The van der Waals surface area contributed by atoms with Crippen molar-refractivity contribution in [2.75, 3.05) is 0 Å². The molecular weight excluding hydrogens is 277 g/mol. The summed E-state index contributed by atoms with van der Waals surface area (Å²) in [6.45, 7) is 6.90. The number of benzene rings is 1. The Labute approximate surface area is 126 Å². The van der Waals surface area contributed by atoms with E-state index in [1.54, 1.807) is 0 Å². The highest BCUT2D eigenvalue weighted by Crippen LogP contribution is 2.37. The molecule has 0 heterocycles. The number of hydrogen-bond donors (Lipinski definition) is 1. The molecule has 2 unspecified atom stereocenters. The average Bonchev–Trinajstić information content (AvgIpc) is 2.31. The minimum absolute atomic E-state index is 0.257. The highest BCUT2D eigenvalue weighted by molar-refractivity contribution is 6.35. The van der Waals surface area contributed by atoms with Crippen LogP contribution in [0.15, 0.2) is 18.2 Å². The fourth-order valence-electron chi connectivity index (χ4n) is 3.05. The fourth-order valence-corrected chi connectivity index (χ4v) is 3.62. The van der Waals surface area contributed by atoms with Gasteiger partial charge in [0.05, 0.1) is 0 Å². The largest absolute Gasteiger partial charge is 0.307 e. The molecule has 1 aliphatic carbocycles. The SMILES string of the molecule is CC(NC1CCCCC1(C)C)c1ccc(Cl)cc1Cl. The summed E-state index contributed by atoms with van der Waals surface area (Å²) in [7, 11) is 0. The summed E-state index contributed by atoms with van der Waals surface area (Å²) >= 11 is 12.2. The van der Waals surface area contributed by atoms with Gasteiger partial charge < -0.3 is 5.32 Å². The van der Waals surface area contributed by atoms with Gasteiger partial charge in [-0.25, -0.2) is 0 Å². The summed E-state index contributed by atoms with van der Waals surface area (Å²) in [5.41, 5.74) is 1.50. The molecule has 0 bridgehead atoms. The van der Waals surface area contributed by atoms with Crippen molar-refractivity contribution < 1.29 is 0 Å². The van der Waals surface area contributed by atoms with Crippen LogP contribution < -0.4 is 5.32 Å². The van der Waals surface area contributed by atoms with Crippen molar-refractivity contribution in [2.24, 2.45) is 5.41 Å². The van der Waals surface area contributed by atoms with Crippen molar-refractivity contribution >= 4 is 23.2 Å². The summed E-state index contributed by atoms with van der Waals surface area (Å²) in [6.07, 6.45) is 5.22. The lowest BCUT2D eigenvalue weighted by Crippen LogP contribution is -2.45. The van der Waals surface area contributed by atoms with Crippen LogP contribution >= 0.6 is 23.2 Å².